The van der Waals surface area contributed by atoms with Crippen LogP contribution in [-0.4, -0.2) is 0 Å². The van der Waals surface area contributed by atoms with Gasteiger partial charge in [0.15, 0.2) is 0 Å². The van der Waals surface area contributed by atoms with Crippen LogP contribution in [0.25, 0.3) is 0 Å². The van der Waals surface area contributed by atoms with Gasteiger partial charge in [0, 0.05) is 0 Å². The van der Waals surface area contributed by atoms with Gasteiger partial charge in [-0.25, -0.2) is 0 Å². The fourth-order valence-corrected chi connectivity index (χ4v) is 0. The molecule has 0 aliphatic carbocycles. The van der Waals surface area contributed by atoms with Crippen LogP contribution in [0.1, 0.15) is 0 Å². The van der Waals surface area contributed by atoms with Crippen LogP contribution in [-0.2, 0) is 23.7 Å². The Hall–Kier alpha value is 1.38. The summed E-state index contributed by atoms with van der Waals surface area (Å²) in [6.07, 6.45) is 0. The van der Waals surface area contributed by atoms with Gasteiger partial charge in [-0.15, -0.1) is 0 Å². The van der Waals surface area contributed by atoms with Crippen LogP contribution >= 0.6 is 0 Å². The van der Waals surface area contributed by atoms with Gasteiger partial charge in [-0.1, -0.05) is 0 Å². The number of hydrogen-bond donors (Lipinski definition) is 0. The molecule has 0 amide bonds. The Bertz CT molecular complexity index is 6.85. The maximum atomic E-state index is 8.31. The molecule has 5 heteroatoms. The number of rotatable bonds is 0. The zero-order valence-electron chi connectivity index (χ0n) is 2.12. The van der Waals surface area contributed by atoms with Gasteiger partial charge in [-0.05, 0) is 0 Å². The van der Waals surface area contributed by atoms with Gasteiger partial charge < -0.3 is 37.2 Å². The van der Waals surface area contributed by atoms with E-state index in [1.165, 1.54) is 0 Å². The Labute approximate surface area is 60.8 Å². The molecule has 1 nitrogen and oxygen atoms in total. The normalized spacial score (nSPS) is 1.20. The van der Waals surface area contributed by atoms with Crippen LogP contribution in [0.3, 0.4) is 0 Å². The van der Waals surface area contributed by atoms with Crippen LogP contribution < -0.4 is 37.2 Å². The molecule has 0 N–H and O–H groups in total. The fraction of sp³-hybridized carbons (Fsp3) is 0. The Balaban J connectivity index is -0.00000000167. The topological polar surface area (TPSA) is 17.1 Å². The van der Waals surface area contributed by atoms with E-state index in [0.29, 0.717) is 20.4 Å². The molecule has 0 bridgehead atoms. The van der Waals surface area contributed by atoms with E-state index in [2.05, 4.69) is 0 Å². The van der Waals surface area contributed by atoms with Crippen molar-refractivity contribution in [2.24, 2.45) is 0 Å². The summed E-state index contributed by atoms with van der Waals surface area (Å²) in [6, 6.07) is 0. The fourth-order valence-electron chi connectivity index (χ4n) is 0. The molecule has 0 aliphatic heterocycles. The molecule has 0 saturated heterocycles. The summed E-state index contributed by atoms with van der Waals surface area (Å²) in [6.45, 7) is 0. The monoisotopic (exact) mass is 170 g/mol. The summed E-state index contributed by atoms with van der Waals surface area (Å²) in [5.74, 6) is 0. The van der Waals surface area contributed by atoms with E-state index in [9.17, 15) is 0 Å². The Morgan fingerprint density at radius 1 is 0.800 bits per heavy atom. The predicted molar refractivity (Wildman–Crippen MR) is 2.08 cm³/mol. The van der Waals surface area contributed by atoms with Gasteiger partial charge in [0.25, 0.3) is 0 Å². The average molecular weight is 171 g/mol. The van der Waals surface area contributed by atoms with Crippen molar-refractivity contribution in [2.75, 3.05) is 0 Å². The van der Waals surface area contributed by atoms with Crippen LogP contribution in [0.4, 0.5) is 0 Å². The third-order valence-corrected chi connectivity index (χ3v) is 0. The van der Waals surface area contributed by atoms with Crippen LogP contribution in [0.5, 0.6) is 0 Å². The molecule has 0 radical (unpaired) electrons. The van der Waals surface area contributed by atoms with Gasteiger partial charge in [0.05, 0.1) is 0 Å². The minimum atomic E-state index is 0. The molecule has 0 aromatic rings. The zero-order chi connectivity index (χ0) is 2.00. The van der Waals surface area contributed by atoms with E-state index >= 15 is 0 Å². The molecular weight excluding hydrogens is 170 g/mol. The van der Waals surface area contributed by atoms with Crippen LogP contribution in [0, 0.1) is 0 Å². The van der Waals surface area contributed by atoms with Crippen LogP contribution in [0.15, 0.2) is 0 Å². The van der Waals surface area contributed by atoms with Gasteiger partial charge in [0.1, 0.15) is 0 Å². The molecule has 0 aromatic carbocycles. The molecule has 0 aliphatic rings. The minimum absolute atomic E-state index is 0. The summed E-state index contributed by atoms with van der Waals surface area (Å²) in [5, 5.41) is 0. The SMILES string of the molecule is [Cl-].[Cl-].[Cl-].[O]=[TiH+3]. The van der Waals surface area contributed by atoms with Crippen molar-refractivity contribution in [3.8, 4) is 0 Å². The standard InChI is InChI=1S/3ClH.O.Ti.H/h3*1H;;;/q;;;;+3;/p-3. The van der Waals surface area contributed by atoms with E-state index in [0.717, 1.165) is 0 Å². The van der Waals surface area contributed by atoms with Crippen molar-refractivity contribution in [1.29, 1.82) is 0 Å². The first kappa shape index (κ1) is 32.6. The van der Waals surface area contributed by atoms with Crippen molar-refractivity contribution in [3.63, 3.8) is 0 Å². The molecule has 0 fully saturated rings. The molecule has 0 atom stereocenters. The molecular formula is HCl3OTi. The summed E-state index contributed by atoms with van der Waals surface area (Å²) in [4.78, 5) is 0. The van der Waals surface area contributed by atoms with E-state index in [-0.39, 0.29) is 37.2 Å². The van der Waals surface area contributed by atoms with E-state index < -0.39 is 0 Å². The Morgan fingerprint density at radius 2 is 0.800 bits per heavy atom. The first-order chi connectivity index (χ1) is 1.00. The van der Waals surface area contributed by atoms with Crippen molar-refractivity contribution < 1.29 is 61.0 Å². The molecule has 0 aromatic heterocycles. The summed E-state index contributed by atoms with van der Waals surface area (Å²) in [7, 11) is 0. The number of halogens is 3. The molecule has 0 rings (SSSR count). The molecule has 5 heavy (non-hydrogen) atoms. The first-order valence-electron chi connectivity index (χ1n) is 0.236. The van der Waals surface area contributed by atoms with E-state index in [1.54, 1.807) is 0 Å². The Morgan fingerprint density at radius 3 is 0.800 bits per heavy atom. The van der Waals surface area contributed by atoms with Crippen molar-refractivity contribution in [3.05, 3.63) is 0 Å². The third-order valence-electron chi connectivity index (χ3n) is 0. The number of hydrogen-bond acceptors (Lipinski definition) is 1. The van der Waals surface area contributed by atoms with Crippen molar-refractivity contribution >= 4 is 0 Å². The summed E-state index contributed by atoms with van der Waals surface area (Å²) < 4.78 is 8.31. The average Bonchev–Trinajstić information content (AvgIpc) is 1.00. The summed E-state index contributed by atoms with van der Waals surface area (Å²) >= 11 is 0.438. The van der Waals surface area contributed by atoms with Crippen molar-refractivity contribution in [2.45, 2.75) is 0 Å². The van der Waals surface area contributed by atoms with Gasteiger partial charge in [-0.3, -0.25) is 0 Å². The molecule has 0 heterocycles. The van der Waals surface area contributed by atoms with Gasteiger partial charge >= 0.3 is 23.7 Å². The molecule has 32 valence electrons. The maximum absolute atomic E-state index is 8.31. The first-order valence-corrected chi connectivity index (χ1v) is 0.972. The Kier molecular flexibility index (Phi) is 352. The quantitative estimate of drug-likeness (QED) is 0.331. The second-order valence-corrected chi connectivity index (χ2v) is 0. The second-order valence-electron chi connectivity index (χ2n) is 0. The molecule has 0 spiro atoms. The van der Waals surface area contributed by atoms with Gasteiger partial charge in [-0.2, -0.15) is 0 Å². The van der Waals surface area contributed by atoms with Gasteiger partial charge in [0.2, 0.25) is 0 Å². The molecule has 0 unspecified atom stereocenters. The van der Waals surface area contributed by atoms with E-state index in [1.807, 2.05) is 0 Å². The summed E-state index contributed by atoms with van der Waals surface area (Å²) in [5.41, 5.74) is 0. The third kappa shape index (κ3) is 32.2. The predicted octanol–water partition coefficient (Wildman–Crippen LogP) is -9.38. The van der Waals surface area contributed by atoms with Crippen molar-refractivity contribution in [1.82, 2.24) is 0 Å². The second kappa shape index (κ2) is 54.0. The van der Waals surface area contributed by atoms with Crippen LogP contribution in [0.2, 0.25) is 0 Å². The molecule has 0 saturated carbocycles. The van der Waals surface area contributed by atoms with E-state index in [4.69, 9.17) is 3.32 Å². The zero-order valence-corrected chi connectivity index (χ0v) is 6.19.